The summed E-state index contributed by atoms with van der Waals surface area (Å²) in [6.07, 6.45) is 2.53. The zero-order valence-corrected chi connectivity index (χ0v) is 7.49. The molecule has 0 aromatic heterocycles. The molecule has 0 saturated carbocycles. The minimum absolute atomic E-state index is 0.528. The first kappa shape index (κ1) is 8.98. The lowest BCUT2D eigenvalue weighted by atomic mass is 9.91. The molecule has 66 valence electrons. The van der Waals surface area contributed by atoms with Gasteiger partial charge in [-0.1, -0.05) is 20.3 Å². The molecule has 0 amide bonds. The number of hydrogen-bond acceptors (Lipinski definition) is 1. The SMILES string of the molecule is CCC(C)CC1(F)CCNC1. The summed E-state index contributed by atoms with van der Waals surface area (Å²) in [6.45, 7) is 5.67. The van der Waals surface area contributed by atoms with Crippen LogP contribution in [0.4, 0.5) is 4.39 Å². The van der Waals surface area contributed by atoms with E-state index in [2.05, 4.69) is 19.2 Å². The van der Waals surface area contributed by atoms with Gasteiger partial charge in [0.25, 0.3) is 0 Å². The highest BCUT2D eigenvalue weighted by molar-refractivity contribution is 4.89. The fraction of sp³-hybridized carbons (Fsp3) is 1.00. The molecule has 1 saturated heterocycles. The number of nitrogens with one attached hydrogen (secondary N) is 1. The molecule has 0 aliphatic carbocycles. The maximum atomic E-state index is 13.7. The number of alkyl halides is 1. The van der Waals surface area contributed by atoms with Gasteiger partial charge in [-0.3, -0.25) is 0 Å². The molecule has 11 heavy (non-hydrogen) atoms. The minimum atomic E-state index is -0.893. The Balaban J connectivity index is 2.33. The van der Waals surface area contributed by atoms with Gasteiger partial charge >= 0.3 is 0 Å². The first-order chi connectivity index (χ1) is 5.16. The Hall–Kier alpha value is -0.110. The van der Waals surface area contributed by atoms with Crippen LogP contribution in [0.5, 0.6) is 0 Å². The number of hydrogen-bond donors (Lipinski definition) is 1. The van der Waals surface area contributed by atoms with Crippen molar-refractivity contribution >= 4 is 0 Å². The molecule has 0 aromatic rings. The van der Waals surface area contributed by atoms with E-state index in [0.29, 0.717) is 18.9 Å². The van der Waals surface area contributed by atoms with Gasteiger partial charge in [-0.05, 0) is 25.3 Å². The molecule has 1 heterocycles. The molecule has 0 bridgehead atoms. The average Bonchev–Trinajstić information content (AvgIpc) is 2.36. The highest BCUT2D eigenvalue weighted by Gasteiger charge is 2.34. The maximum Gasteiger partial charge on any atom is 0.124 e. The second-order valence-corrected chi connectivity index (χ2v) is 3.80. The Morgan fingerprint density at radius 1 is 1.64 bits per heavy atom. The molecule has 0 aromatic carbocycles. The van der Waals surface area contributed by atoms with E-state index < -0.39 is 5.67 Å². The van der Waals surface area contributed by atoms with Crippen LogP contribution in [-0.2, 0) is 0 Å². The monoisotopic (exact) mass is 159 g/mol. The summed E-state index contributed by atoms with van der Waals surface area (Å²) in [5.41, 5.74) is -0.893. The van der Waals surface area contributed by atoms with Crippen LogP contribution in [0.3, 0.4) is 0 Å². The lowest BCUT2D eigenvalue weighted by molar-refractivity contribution is 0.149. The van der Waals surface area contributed by atoms with Crippen molar-refractivity contribution in [2.45, 2.75) is 38.8 Å². The van der Waals surface area contributed by atoms with E-state index in [1.165, 1.54) is 0 Å². The Morgan fingerprint density at radius 2 is 2.36 bits per heavy atom. The van der Waals surface area contributed by atoms with Crippen LogP contribution in [0.1, 0.15) is 33.1 Å². The van der Waals surface area contributed by atoms with Gasteiger partial charge in [0, 0.05) is 6.54 Å². The van der Waals surface area contributed by atoms with Crippen molar-refractivity contribution < 1.29 is 4.39 Å². The van der Waals surface area contributed by atoms with Gasteiger partial charge in [-0.15, -0.1) is 0 Å². The van der Waals surface area contributed by atoms with Crippen molar-refractivity contribution in [3.05, 3.63) is 0 Å². The Kier molecular flexibility index (Phi) is 2.88. The van der Waals surface area contributed by atoms with Crippen molar-refractivity contribution in [3.63, 3.8) is 0 Å². The molecule has 1 rings (SSSR count). The molecule has 2 heteroatoms. The fourth-order valence-electron chi connectivity index (χ4n) is 1.66. The third-order valence-electron chi connectivity index (χ3n) is 2.60. The molecule has 1 N–H and O–H groups in total. The molecule has 2 unspecified atom stereocenters. The second kappa shape index (κ2) is 3.53. The maximum absolute atomic E-state index is 13.7. The first-order valence-electron chi connectivity index (χ1n) is 4.56. The summed E-state index contributed by atoms with van der Waals surface area (Å²) < 4.78 is 13.7. The summed E-state index contributed by atoms with van der Waals surface area (Å²) >= 11 is 0. The normalized spacial score (nSPS) is 34.1. The third kappa shape index (κ3) is 2.44. The predicted molar refractivity (Wildman–Crippen MR) is 45.4 cm³/mol. The summed E-state index contributed by atoms with van der Waals surface area (Å²) in [5, 5.41) is 3.07. The predicted octanol–water partition coefficient (Wildman–Crippen LogP) is 2.12. The zero-order valence-electron chi connectivity index (χ0n) is 7.49. The van der Waals surface area contributed by atoms with E-state index in [-0.39, 0.29) is 0 Å². The molecule has 1 aliphatic heterocycles. The molecular formula is C9H18FN. The highest BCUT2D eigenvalue weighted by atomic mass is 19.1. The van der Waals surface area contributed by atoms with Crippen LogP contribution in [0, 0.1) is 5.92 Å². The van der Waals surface area contributed by atoms with Crippen molar-refractivity contribution in [1.29, 1.82) is 0 Å². The summed E-state index contributed by atoms with van der Waals surface area (Å²) in [5.74, 6) is 0.528. The summed E-state index contributed by atoms with van der Waals surface area (Å²) in [6, 6.07) is 0. The summed E-state index contributed by atoms with van der Waals surface area (Å²) in [7, 11) is 0. The minimum Gasteiger partial charge on any atom is -0.313 e. The Morgan fingerprint density at radius 3 is 2.82 bits per heavy atom. The number of rotatable bonds is 3. The quantitative estimate of drug-likeness (QED) is 0.665. The van der Waals surface area contributed by atoms with Gasteiger partial charge in [0.2, 0.25) is 0 Å². The van der Waals surface area contributed by atoms with Crippen LogP contribution >= 0.6 is 0 Å². The van der Waals surface area contributed by atoms with E-state index in [9.17, 15) is 4.39 Å². The lowest BCUT2D eigenvalue weighted by Crippen LogP contribution is -2.28. The molecule has 2 atom stereocenters. The lowest BCUT2D eigenvalue weighted by Gasteiger charge is -2.21. The van der Waals surface area contributed by atoms with Gasteiger partial charge in [0.15, 0.2) is 0 Å². The highest BCUT2D eigenvalue weighted by Crippen LogP contribution is 2.28. The Labute approximate surface area is 68.4 Å². The van der Waals surface area contributed by atoms with Gasteiger partial charge in [0.05, 0.1) is 0 Å². The molecule has 1 fully saturated rings. The standard InChI is InChI=1S/C9H18FN/c1-3-8(2)6-9(10)4-5-11-7-9/h8,11H,3-7H2,1-2H3. The molecule has 1 nitrogen and oxygen atoms in total. The van der Waals surface area contributed by atoms with E-state index in [1.807, 2.05) is 0 Å². The summed E-state index contributed by atoms with van der Waals surface area (Å²) in [4.78, 5) is 0. The molecule has 1 aliphatic rings. The van der Waals surface area contributed by atoms with Gasteiger partial charge in [-0.25, -0.2) is 4.39 Å². The van der Waals surface area contributed by atoms with Crippen LogP contribution in [-0.4, -0.2) is 18.8 Å². The molecule has 0 radical (unpaired) electrons. The largest absolute Gasteiger partial charge is 0.313 e. The Bertz CT molecular complexity index is 119. The molecule has 0 spiro atoms. The first-order valence-corrected chi connectivity index (χ1v) is 4.56. The van der Waals surface area contributed by atoms with Crippen molar-refractivity contribution in [3.8, 4) is 0 Å². The van der Waals surface area contributed by atoms with Crippen LogP contribution in [0.25, 0.3) is 0 Å². The smallest absolute Gasteiger partial charge is 0.124 e. The van der Waals surface area contributed by atoms with Gasteiger partial charge in [-0.2, -0.15) is 0 Å². The molecular weight excluding hydrogens is 141 g/mol. The van der Waals surface area contributed by atoms with Crippen LogP contribution in [0.2, 0.25) is 0 Å². The van der Waals surface area contributed by atoms with E-state index in [1.54, 1.807) is 0 Å². The van der Waals surface area contributed by atoms with Crippen molar-refractivity contribution in [2.75, 3.05) is 13.1 Å². The van der Waals surface area contributed by atoms with Crippen molar-refractivity contribution in [1.82, 2.24) is 5.32 Å². The topological polar surface area (TPSA) is 12.0 Å². The number of halogens is 1. The third-order valence-corrected chi connectivity index (χ3v) is 2.60. The van der Waals surface area contributed by atoms with Gasteiger partial charge in [0.1, 0.15) is 5.67 Å². The zero-order chi connectivity index (χ0) is 8.32. The fourth-order valence-corrected chi connectivity index (χ4v) is 1.66. The average molecular weight is 159 g/mol. The van der Waals surface area contributed by atoms with E-state index in [4.69, 9.17) is 0 Å². The van der Waals surface area contributed by atoms with Crippen LogP contribution in [0.15, 0.2) is 0 Å². The second-order valence-electron chi connectivity index (χ2n) is 3.80. The van der Waals surface area contributed by atoms with Crippen LogP contribution < -0.4 is 5.32 Å². The van der Waals surface area contributed by atoms with Gasteiger partial charge < -0.3 is 5.32 Å². The van der Waals surface area contributed by atoms with E-state index in [0.717, 1.165) is 19.4 Å². The van der Waals surface area contributed by atoms with E-state index >= 15 is 0 Å². The van der Waals surface area contributed by atoms with Crippen molar-refractivity contribution in [2.24, 2.45) is 5.92 Å².